The van der Waals surface area contributed by atoms with Crippen LogP contribution in [0.25, 0.3) is 0 Å². The number of rotatable bonds is 4. The van der Waals surface area contributed by atoms with E-state index in [1.807, 2.05) is 11.8 Å². The van der Waals surface area contributed by atoms with Crippen molar-refractivity contribution in [2.45, 2.75) is 38.5 Å². The minimum Gasteiger partial charge on any atom is -0.126 e. The second-order valence-electron chi connectivity index (χ2n) is 4.43. The Balaban J connectivity index is 2.64. The highest BCUT2D eigenvalue weighted by atomic mass is 32.2. The Bertz CT molecular complexity index is 276. The molecule has 0 aliphatic carbocycles. The molecule has 0 aromatic heterocycles. The lowest BCUT2D eigenvalue weighted by molar-refractivity contribution is 0.750. The lowest BCUT2D eigenvalue weighted by atomic mass is 10.0. The van der Waals surface area contributed by atoms with Crippen molar-refractivity contribution in [3.63, 3.8) is 0 Å². The van der Waals surface area contributed by atoms with Gasteiger partial charge in [0.2, 0.25) is 0 Å². The van der Waals surface area contributed by atoms with Gasteiger partial charge in [-0.25, -0.2) is 0 Å². The molecule has 1 aromatic carbocycles. The Hall–Kier alpha value is -0.430. The SMILES string of the molecule is CC(C)CSc1cccc(C(C)C)c1. The van der Waals surface area contributed by atoms with E-state index in [2.05, 4.69) is 52.0 Å². The van der Waals surface area contributed by atoms with E-state index >= 15 is 0 Å². The Morgan fingerprint density at radius 1 is 1.14 bits per heavy atom. The summed E-state index contributed by atoms with van der Waals surface area (Å²) in [7, 11) is 0. The average molecular weight is 208 g/mol. The van der Waals surface area contributed by atoms with E-state index in [9.17, 15) is 0 Å². The summed E-state index contributed by atoms with van der Waals surface area (Å²) in [6, 6.07) is 8.90. The molecule has 0 fully saturated rings. The fourth-order valence-electron chi connectivity index (χ4n) is 1.23. The lowest BCUT2D eigenvalue weighted by Gasteiger charge is -2.08. The van der Waals surface area contributed by atoms with Crippen LogP contribution in [0.3, 0.4) is 0 Å². The van der Waals surface area contributed by atoms with Crippen LogP contribution in [0.2, 0.25) is 0 Å². The minimum absolute atomic E-state index is 0.634. The van der Waals surface area contributed by atoms with Gasteiger partial charge >= 0.3 is 0 Å². The molecule has 1 heteroatoms. The summed E-state index contributed by atoms with van der Waals surface area (Å²) in [5, 5.41) is 0. The van der Waals surface area contributed by atoms with Gasteiger partial charge in [-0.05, 0) is 29.5 Å². The molecular formula is C13H20S. The maximum absolute atomic E-state index is 2.32. The Kier molecular flexibility index (Phi) is 4.53. The molecule has 0 aliphatic heterocycles. The molecule has 0 nitrogen and oxygen atoms in total. The van der Waals surface area contributed by atoms with Crippen molar-refractivity contribution < 1.29 is 0 Å². The van der Waals surface area contributed by atoms with Crippen molar-refractivity contribution in [1.29, 1.82) is 0 Å². The monoisotopic (exact) mass is 208 g/mol. The first-order valence-electron chi connectivity index (χ1n) is 5.32. The van der Waals surface area contributed by atoms with Crippen molar-refractivity contribution in [3.05, 3.63) is 29.8 Å². The van der Waals surface area contributed by atoms with E-state index in [1.54, 1.807) is 0 Å². The summed E-state index contributed by atoms with van der Waals surface area (Å²) in [5.74, 6) is 2.61. The van der Waals surface area contributed by atoms with Crippen LogP contribution in [-0.2, 0) is 0 Å². The van der Waals surface area contributed by atoms with Gasteiger partial charge in [0, 0.05) is 10.6 Å². The summed E-state index contributed by atoms with van der Waals surface area (Å²) < 4.78 is 0. The van der Waals surface area contributed by atoms with Gasteiger partial charge in [0.15, 0.2) is 0 Å². The summed E-state index contributed by atoms with van der Waals surface area (Å²) in [4.78, 5) is 1.41. The first-order valence-corrected chi connectivity index (χ1v) is 6.31. The maximum Gasteiger partial charge on any atom is 0.00748 e. The smallest absolute Gasteiger partial charge is 0.00748 e. The molecule has 1 rings (SSSR count). The molecule has 0 radical (unpaired) electrons. The highest BCUT2D eigenvalue weighted by Gasteiger charge is 2.01. The predicted molar refractivity (Wildman–Crippen MR) is 66.1 cm³/mol. The molecule has 0 spiro atoms. The fraction of sp³-hybridized carbons (Fsp3) is 0.538. The van der Waals surface area contributed by atoms with E-state index in [0.29, 0.717) is 5.92 Å². The second kappa shape index (κ2) is 5.45. The highest BCUT2D eigenvalue weighted by Crippen LogP contribution is 2.24. The first kappa shape index (κ1) is 11.6. The maximum atomic E-state index is 2.32. The minimum atomic E-state index is 0.634. The van der Waals surface area contributed by atoms with E-state index in [4.69, 9.17) is 0 Å². The van der Waals surface area contributed by atoms with Crippen LogP contribution >= 0.6 is 11.8 Å². The molecule has 0 N–H and O–H groups in total. The quantitative estimate of drug-likeness (QED) is 0.654. The van der Waals surface area contributed by atoms with Crippen molar-refractivity contribution in [3.8, 4) is 0 Å². The van der Waals surface area contributed by atoms with Gasteiger partial charge in [-0.2, -0.15) is 0 Å². The van der Waals surface area contributed by atoms with Crippen molar-refractivity contribution >= 4 is 11.8 Å². The van der Waals surface area contributed by atoms with Crippen LogP contribution in [0.5, 0.6) is 0 Å². The Morgan fingerprint density at radius 3 is 2.43 bits per heavy atom. The highest BCUT2D eigenvalue weighted by molar-refractivity contribution is 7.99. The van der Waals surface area contributed by atoms with Gasteiger partial charge in [0.05, 0.1) is 0 Å². The molecule has 0 aliphatic rings. The zero-order chi connectivity index (χ0) is 10.6. The summed E-state index contributed by atoms with van der Waals surface area (Å²) in [6.45, 7) is 9.01. The second-order valence-corrected chi connectivity index (χ2v) is 5.53. The van der Waals surface area contributed by atoms with Crippen LogP contribution in [0.1, 0.15) is 39.2 Å². The predicted octanol–water partition coefficient (Wildman–Crippen LogP) is 4.56. The summed E-state index contributed by atoms with van der Waals surface area (Å²) in [5.41, 5.74) is 1.44. The summed E-state index contributed by atoms with van der Waals surface area (Å²) in [6.07, 6.45) is 0. The van der Waals surface area contributed by atoms with E-state index in [1.165, 1.54) is 16.2 Å². The zero-order valence-corrected chi connectivity index (χ0v) is 10.4. The van der Waals surface area contributed by atoms with Crippen LogP contribution < -0.4 is 0 Å². The normalized spacial score (nSPS) is 11.3. The van der Waals surface area contributed by atoms with Gasteiger partial charge in [-0.1, -0.05) is 39.8 Å². The molecule has 0 bridgehead atoms. The third-order valence-corrected chi connectivity index (χ3v) is 3.53. The molecule has 0 amide bonds. The molecule has 0 heterocycles. The standard InChI is InChI=1S/C13H20S/c1-10(2)9-14-13-7-5-6-12(8-13)11(3)4/h5-8,10-11H,9H2,1-4H3. The number of hydrogen-bond donors (Lipinski definition) is 0. The number of hydrogen-bond acceptors (Lipinski definition) is 1. The molecule has 0 saturated carbocycles. The first-order chi connectivity index (χ1) is 6.59. The van der Waals surface area contributed by atoms with Crippen LogP contribution in [0, 0.1) is 5.92 Å². The van der Waals surface area contributed by atoms with E-state index in [-0.39, 0.29) is 0 Å². The Labute approximate surface area is 92.1 Å². The molecule has 0 atom stereocenters. The van der Waals surface area contributed by atoms with E-state index < -0.39 is 0 Å². The molecule has 1 aromatic rings. The van der Waals surface area contributed by atoms with Crippen LogP contribution in [-0.4, -0.2) is 5.75 Å². The van der Waals surface area contributed by atoms with Crippen molar-refractivity contribution in [2.75, 3.05) is 5.75 Å². The third kappa shape index (κ3) is 3.75. The molecule has 0 unspecified atom stereocenters. The fourth-order valence-corrected chi connectivity index (χ4v) is 2.15. The average Bonchev–Trinajstić information content (AvgIpc) is 2.15. The van der Waals surface area contributed by atoms with Crippen LogP contribution in [0.15, 0.2) is 29.2 Å². The van der Waals surface area contributed by atoms with Crippen molar-refractivity contribution in [1.82, 2.24) is 0 Å². The van der Waals surface area contributed by atoms with Gasteiger partial charge in [0.1, 0.15) is 0 Å². The third-order valence-electron chi connectivity index (χ3n) is 2.11. The largest absolute Gasteiger partial charge is 0.126 e. The van der Waals surface area contributed by atoms with E-state index in [0.717, 1.165) is 5.92 Å². The molecule has 0 saturated heterocycles. The van der Waals surface area contributed by atoms with Crippen LogP contribution in [0.4, 0.5) is 0 Å². The number of benzene rings is 1. The van der Waals surface area contributed by atoms with Gasteiger partial charge in [-0.15, -0.1) is 11.8 Å². The van der Waals surface area contributed by atoms with Gasteiger partial charge < -0.3 is 0 Å². The Morgan fingerprint density at radius 2 is 1.86 bits per heavy atom. The number of thioether (sulfide) groups is 1. The van der Waals surface area contributed by atoms with Gasteiger partial charge in [-0.3, -0.25) is 0 Å². The zero-order valence-electron chi connectivity index (χ0n) is 9.58. The molecule has 78 valence electrons. The molecule has 14 heavy (non-hydrogen) atoms. The van der Waals surface area contributed by atoms with Gasteiger partial charge in [0.25, 0.3) is 0 Å². The van der Waals surface area contributed by atoms with Crippen molar-refractivity contribution in [2.24, 2.45) is 5.92 Å². The molecular weight excluding hydrogens is 188 g/mol. The summed E-state index contributed by atoms with van der Waals surface area (Å²) >= 11 is 1.96. The lowest BCUT2D eigenvalue weighted by Crippen LogP contribution is -1.91. The topological polar surface area (TPSA) is 0 Å².